The van der Waals surface area contributed by atoms with Gasteiger partial charge in [0, 0.05) is 5.75 Å². The first-order chi connectivity index (χ1) is 13.8. The van der Waals surface area contributed by atoms with Gasteiger partial charge in [-0.25, -0.2) is 4.79 Å². The summed E-state index contributed by atoms with van der Waals surface area (Å²) < 4.78 is 0. The van der Waals surface area contributed by atoms with Crippen LogP contribution in [0.25, 0.3) is 0 Å². The van der Waals surface area contributed by atoms with Gasteiger partial charge in [-0.2, -0.15) is 12.6 Å². The number of nitrogens with one attached hydrogen (secondary N) is 3. The van der Waals surface area contributed by atoms with Crippen LogP contribution in [-0.4, -0.2) is 75.8 Å². The lowest BCUT2D eigenvalue weighted by Gasteiger charge is -2.26. The average molecular weight is 450 g/mol. The van der Waals surface area contributed by atoms with Crippen LogP contribution in [0.2, 0.25) is 0 Å². The zero-order valence-electron chi connectivity index (χ0n) is 17.1. The van der Waals surface area contributed by atoms with E-state index in [0.29, 0.717) is 6.42 Å². The summed E-state index contributed by atoms with van der Waals surface area (Å²) in [7, 11) is 0. The normalized spacial score (nSPS) is 16.0. The molecule has 172 valence electrons. The number of carbonyl (C=O) groups excluding carboxylic acids is 4. The van der Waals surface area contributed by atoms with Crippen molar-refractivity contribution in [2.45, 2.75) is 63.9 Å². The standard InChI is InChI=1S/C17H31N5O7S/c1-7(2)4-9(18)14(25)21-11(6-30)15(26)22-13(8(3)23)16(27)20-10(17(28)29)5-12(19)24/h7-11,13,23,30H,4-6,18H2,1-3H3,(H2,19,24)(H,20,27)(H,21,25)(H,22,26)(H,28,29). The maximum Gasteiger partial charge on any atom is 0.326 e. The van der Waals surface area contributed by atoms with E-state index in [1.165, 1.54) is 6.92 Å². The zero-order chi connectivity index (χ0) is 23.6. The smallest absolute Gasteiger partial charge is 0.326 e. The van der Waals surface area contributed by atoms with Crippen molar-refractivity contribution in [1.29, 1.82) is 0 Å². The fraction of sp³-hybridized carbons (Fsp3) is 0.706. The number of rotatable bonds is 13. The lowest BCUT2D eigenvalue weighted by Crippen LogP contribution is -2.60. The molecule has 0 rings (SSSR count). The molecule has 5 atom stereocenters. The number of carbonyl (C=O) groups is 5. The first-order valence-electron chi connectivity index (χ1n) is 9.26. The first-order valence-corrected chi connectivity index (χ1v) is 9.90. The maximum absolute atomic E-state index is 12.5. The highest BCUT2D eigenvalue weighted by molar-refractivity contribution is 7.80. The second-order valence-corrected chi connectivity index (χ2v) is 7.64. The molecule has 0 aliphatic heterocycles. The lowest BCUT2D eigenvalue weighted by atomic mass is 10.0. The minimum Gasteiger partial charge on any atom is -0.480 e. The number of aliphatic carboxylic acids is 1. The molecule has 0 aliphatic rings. The van der Waals surface area contributed by atoms with E-state index >= 15 is 0 Å². The molecule has 0 radical (unpaired) electrons. The second kappa shape index (κ2) is 13.0. The van der Waals surface area contributed by atoms with Crippen LogP contribution in [0.4, 0.5) is 0 Å². The molecule has 4 amide bonds. The van der Waals surface area contributed by atoms with E-state index in [1.54, 1.807) is 0 Å². The second-order valence-electron chi connectivity index (χ2n) is 7.28. The van der Waals surface area contributed by atoms with Gasteiger partial charge < -0.3 is 37.6 Å². The third kappa shape index (κ3) is 9.89. The van der Waals surface area contributed by atoms with Crippen molar-refractivity contribution in [3.05, 3.63) is 0 Å². The van der Waals surface area contributed by atoms with Crippen LogP contribution in [0.1, 0.15) is 33.6 Å². The Morgan fingerprint density at radius 3 is 1.87 bits per heavy atom. The van der Waals surface area contributed by atoms with Gasteiger partial charge in [-0.15, -0.1) is 0 Å². The van der Waals surface area contributed by atoms with Gasteiger partial charge in [0.25, 0.3) is 0 Å². The van der Waals surface area contributed by atoms with E-state index < -0.39 is 66.3 Å². The van der Waals surface area contributed by atoms with Crippen LogP contribution in [0.15, 0.2) is 0 Å². The van der Waals surface area contributed by atoms with Crippen LogP contribution in [0, 0.1) is 5.92 Å². The Morgan fingerprint density at radius 1 is 0.933 bits per heavy atom. The maximum atomic E-state index is 12.5. The fourth-order valence-corrected chi connectivity index (χ4v) is 2.67. The number of hydrogen-bond donors (Lipinski definition) is 8. The molecule has 30 heavy (non-hydrogen) atoms. The molecule has 0 fully saturated rings. The Labute approximate surface area is 179 Å². The largest absolute Gasteiger partial charge is 0.480 e. The molecular weight excluding hydrogens is 418 g/mol. The Kier molecular flexibility index (Phi) is 12.0. The molecule has 5 unspecified atom stereocenters. The van der Waals surface area contributed by atoms with Gasteiger partial charge in [0.05, 0.1) is 18.6 Å². The van der Waals surface area contributed by atoms with Gasteiger partial charge in [0.2, 0.25) is 23.6 Å². The molecule has 0 spiro atoms. The summed E-state index contributed by atoms with van der Waals surface area (Å²) in [6, 6.07) is -5.20. The number of aliphatic hydroxyl groups excluding tert-OH is 1. The number of amides is 4. The number of carboxylic acids is 1. The van der Waals surface area contributed by atoms with Crippen molar-refractivity contribution in [2.75, 3.05) is 5.75 Å². The molecule has 0 aromatic heterocycles. The Bertz CT molecular complexity index is 644. The quantitative estimate of drug-likeness (QED) is 0.136. The minimum atomic E-state index is -1.64. The van der Waals surface area contributed by atoms with Gasteiger partial charge in [-0.3, -0.25) is 19.2 Å². The summed E-state index contributed by atoms with van der Waals surface area (Å²) in [4.78, 5) is 59.1. The summed E-state index contributed by atoms with van der Waals surface area (Å²) in [5.74, 6) is -4.91. The van der Waals surface area contributed by atoms with Crippen molar-refractivity contribution in [3.8, 4) is 0 Å². The van der Waals surface area contributed by atoms with Crippen LogP contribution in [0.3, 0.4) is 0 Å². The van der Waals surface area contributed by atoms with Crippen LogP contribution < -0.4 is 27.4 Å². The monoisotopic (exact) mass is 449 g/mol. The van der Waals surface area contributed by atoms with E-state index in [9.17, 15) is 29.1 Å². The minimum absolute atomic E-state index is 0.125. The number of thiol groups is 1. The Morgan fingerprint density at radius 2 is 1.47 bits per heavy atom. The molecular formula is C17H31N5O7S. The molecule has 0 aromatic carbocycles. The van der Waals surface area contributed by atoms with Gasteiger partial charge in [0.15, 0.2) is 0 Å². The van der Waals surface area contributed by atoms with Crippen molar-refractivity contribution < 1.29 is 34.2 Å². The molecule has 0 bridgehead atoms. The molecule has 0 saturated carbocycles. The van der Waals surface area contributed by atoms with Crippen LogP contribution in [-0.2, 0) is 24.0 Å². The summed E-state index contributed by atoms with van der Waals surface area (Å²) in [5, 5.41) is 25.6. The predicted molar refractivity (Wildman–Crippen MR) is 110 cm³/mol. The molecule has 12 nitrogen and oxygen atoms in total. The lowest BCUT2D eigenvalue weighted by molar-refractivity contribution is -0.144. The van der Waals surface area contributed by atoms with Gasteiger partial charge in [0.1, 0.15) is 18.1 Å². The molecule has 0 aromatic rings. The Balaban J connectivity index is 5.19. The van der Waals surface area contributed by atoms with E-state index in [2.05, 4.69) is 23.3 Å². The van der Waals surface area contributed by atoms with E-state index in [1.807, 2.05) is 19.2 Å². The molecule has 13 heteroatoms. The summed E-state index contributed by atoms with van der Waals surface area (Å²) in [6.45, 7) is 4.95. The number of carboxylic acid groups (broad SMARTS) is 1. The zero-order valence-corrected chi connectivity index (χ0v) is 18.0. The summed E-state index contributed by atoms with van der Waals surface area (Å²) >= 11 is 4.01. The average Bonchev–Trinajstić information content (AvgIpc) is 2.61. The third-order valence-electron chi connectivity index (χ3n) is 3.96. The Hall–Kier alpha value is -2.38. The van der Waals surface area contributed by atoms with Gasteiger partial charge in [-0.1, -0.05) is 13.8 Å². The summed E-state index contributed by atoms with van der Waals surface area (Å²) in [5.41, 5.74) is 10.7. The summed E-state index contributed by atoms with van der Waals surface area (Å²) in [6.07, 6.45) is -1.71. The number of primary amides is 1. The highest BCUT2D eigenvalue weighted by atomic mass is 32.1. The number of aliphatic hydroxyl groups is 1. The van der Waals surface area contributed by atoms with E-state index in [-0.39, 0.29) is 11.7 Å². The van der Waals surface area contributed by atoms with E-state index in [4.69, 9.17) is 16.6 Å². The van der Waals surface area contributed by atoms with Crippen molar-refractivity contribution >= 4 is 42.2 Å². The van der Waals surface area contributed by atoms with Crippen LogP contribution in [0.5, 0.6) is 0 Å². The predicted octanol–water partition coefficient (Wildman–Crippen LogP) is -2.92. The van der Waals surface area contributed by atoms with Gasteiger partial charge >= 0.3 is 5.97 Å². The molecule has 0 saturated heterocycles. The highest BCUT2D eigenvalue weighted by Crippen LogP contribution is 2.04. The SMILES string of the molecule is CC(C)CC(N)C(=O)NC(CS)C(=O)NC(C(=O)NC(CC(N)=O)C(=O)O)C(C)O. The fourth-order valence-electron chi connectivity index (χ4n) is 2.41. The molecule has 0 heterocycles. The van der Waals surface area contributed by atoms with Crippen molar-refractivity contribution in [1.82, 2.24) is 16.0 Å². The molecule has 0 aliphatic carbocycles. The topological polar surface area (TPSA) is 214 Å². The number of hydrogen-bond acceptors (Lipinski definition) is 8. The highest BCUT2D eigenvalue weighted by Gasteiger charge is 2.32. The van der Waals surface area contributed by atoms with Crippen LogP contribution >= 0.6 is 12.6 Å². The van der Waals surface area contributed by atoms with Crippen molar-refractivity contribution in [3.63, 3.8) is 0 Å². The third-order valence-corrected chi connectivity index (χ3v) is 4.33. The van der Waals surface area contributed by atoms with Crippen molar-refractivity contribution in [2.24, 2.45) is 17.4 Å². The number of nitrogens with two attached hydrogens (primary N) is 2. The molecule has 9 N–H and O–H groups in total. The first kappa shape index (κ1) is 27.6. The van der Waals surface area contributed by atoms with E-state index in [0.717, 1.165) is 0 Å². The van der Waals surface area contributed by atoms with Gasteiger partial charge in [-0.05, 0) is 19.3 Å².